The Balaban J connectivity index is 0.00000338. The standard InChI is InChI=1S/C17H23F3N2O3.ClH/c1-22(15(24)16(21)8-2-3-9-16)10-13(23)11-25-14-6-4-12(5-7-14)17(18,19)20;/h4-7,13,23H,2-3,8-11,21H2,1H3;1H. The highest BCUT2D eigenvalue weighted by atomic mass is 35.5. The van der Waals surface area contributed by atoms with E-state index in [0.717, 1.165) is 25.0 Å². The van der Waals surface area contributed by atoms with Crippen molar-refractivity contribution in [3.05, 3.63) is 29.8 Å². The summed E-state index contributed by atoms with van der Waals surface area (Å²) in [7, 11) is 1.57. The molecule has 5 nitrogen and oxygen atoms in total. The van der Waals surface area contributed by atoms with Crippen LogP contribution in [-0.4, -0.2) is 47.8 Å². The van der Waals surface area contributed by atoms with Crippen molar-refractivity contribution in [1.29, 1.82) is 0 Å². The smallest absolute Gasteiger partial charge is 0.416 e. The number of halogens is 4. The fourth-order valence-corrected chi connectivity index (χ4v) is 2.98. The molecule has 1 aromatic rings. The molecule has 3 N–H and O–H groups in total. The highest BCUT2D eigenvalue weighted by Crippen LogP contribution is 2.30. The Morgan fingerprint density at radius 1 is 1.31 bits per heavy atom. The largest absolute Gasteiger partial charge is 0.491 e. The SMILES string of the molecule is CN(CC(O)COc1ccc(C(F)(F)F)cc1)C(=O)C1(N)CCCC1.Cl. The molecular formula is C17H24ClF3N2O3. The quantitative estimate of drug-likeness (QED) is 0.775. The number of alkyl halides is 3. The van der Waals surface area contributed by atoms with Crippen molar-refractivity contribution in [2.24, 2.45) is 5.73 Å². The summed E-state index contributed by atoms with van der Waals surface area (Å²) in [6.07, 6.45) is -2.28. The Bertz CT molecular complexity index is 590. The first-order chi connectivity index (χ1) is 11.6. The lowest BCUT2D eigenvalue weighted by Gasteiger charge is -2.30. The van der Waals surface area contributed by atoms with Gasteiger partial charge >= 0.3 is 6.18 Å². The molecule has 0 bridgehead atoms. The predicted octanol–water partition coefficient (Wildman–Crippen LogP) is 2.60. The maximum atomic E-state index is 12.5. The van der Waals surface area contributed by atoms with E-state index in [1.165, 1.54) is 17.0 Å². The predicted molar refractivity (Wildman–Crippen MR) is 93.2 cm³/mol. The van der Waals surface area contributed by atoms with Crippen molar-refractivity contribution in [1.82, 2.24) is 4.90 Å². The molecule has 0 heterocycles. The normalized spacial score (nSPS) is 17.3. The molecule has 0 aliphatic heterocycles. The summed E-state index contributed by atoms with van der Waals surface area (Å²) in [5, 5.41) is 10.0. The summed E-state index contributed by atoms with van der Waals surface area (Å²) in [6.45, 7) is -0.0982. The maximum Gasteiger partial charge on any atom is 0.416 e. The van der Waals surface area contributed by atoms with E-state index in [9.17, 15) is 23.1 Å². The van der Waals surface area contributed by atoms with E-state index < -0.39 is 23.4 Å². The number of ether oxygens (including phenoxy) is 1. The first-order valence-corrected chi connectivity index (χ1v) is 8.14. The number of hydrogen-bond acceptors (Lipinski definition) is 4. The molecule has 26 heavy (non-hydrogen) atoms. The van der Waals surface area contributed by atoms with Gasteiger partial charge in [0.2, 0.25) is 5.91 Å². The van der Waals surface area contributed by atoms with Crippen LogP contribution in [0.2, 0.25) is 0 Å². The summed E-state index contributed by atoms with van der Waals surface area (Å²) in [5.41, 5.74) is 4.47. The van der Waals surface area contributed by atoms with Gasteiger partial charge in [-0.15, -0.1) is 12.4 Å². The molecule has 1 atom stereocenters. The number of likely N-dealkylation sites (N-methyl/N-ethyl adjacent to an activating group) is 1. The van der Waals surface area contributed by atoms with Crippen LogP contribution in [0.25, 0.3) is 0 Å². The van der Waals surface area contributed by atoms with Crippen LogP contribution in [-0.2, 0) is 11.0 Å². The lowest BCUT2D eigenvalue weighted by molar-refractivity contribution is -0.138. The average Bonchev–Trinajstić information content (AvgIpc) is 2.99. The van der Waals surface area contributed by atoms with Gasteiger partial charge < -0.3 is 20.5 Å². The number of aliphatic hydroxyl groups is 1. The zero-order valence-electron chi connectivity index (χ0n) is 14.5. The van der Waals surface area contributed by atoms with Crippen LogP contribution in [0.15, 0.2) is 24.3 Å². The summed E-state index contributed by atoms with van der Waals surface area (Å²) in [5.74, 6) is 0.00528. The van der Waals surface area contributed by atoms with E-state index in [0.29, 0.717) is 12.8 Å². The number of nitrogens with zero attached hydrogens (tertiary/aromatic N) is 1. The van der Waals surface area contributed by atoms with Crippen molar-refractivity contribution in [3.63, 3.8) is 0 Å². The van der Waals surface area contributed by atoms with Crippen LogP contribution in [0.4, 0.5) is 13.2 Å². The average molecular weight is 397 g/mol. The number of hydrogen-bond donors (Lipinski definition) is 2. The summed E-state index contributed by atoms with van der Waals surface area (Å²) >= 11 is 0. The zero-order valence-corrected chi connectivity index (χ0v) is 15.3. The second-order valence-electron chi connectivity index (χ2n) is 6.54. The fourth-order valence-electron chi connectivity index (χ4n) is 2.98. The van der Waals surface area contributed by atoms with Gasteiger partial charge in [0.05, 0.1) is 11.1 Å². The number of aliphatic hydroxyl groups excluding tert-OH is 1. The second kappa shape index (κ2) is 8.92. The molecule has 1 aliphatic rings. The second-order valence-corrected chi connectivity index (χ2v) is 6.54. The third kappa shape index (κ3) is 5.75. The molecule has 148 valence electrons. The van der Waals surface area contributed by atoms with E-state index in [2.05, 4.69) is 0 Å². The lowest BCUT2D eigenvalue weighted by Crippen LogP contribution is -2.54. The van der Waals surface area contributed by atoms with Crippen molar-refractivity contribution < 1.29 is 27.8 Å². The molecule has 0 saturated heterocycles. The Labute approximate surface area is 156 Å². The first kappa shape index (κ1) is 22.5. The Hall–Kier alpha value is -1.51. The molecule has 9 heteroatoms. The molecule has 0 aromatic heterocycles. The summed E-state index contributed by atoms with van der Waals surface area (Å²) in [4.78, 5) is 13.7. The van der Waals surface area contributed by atoms with E-state index in [1.807, 2.05) is 0 Å². The molecule has 1 unspecified atom stereocenters. The molecule has 1 saturated carbocycles. The van der Waals surface area contributed by atoms with Gasteiger partial charge in [-0.05, 0) is 37.1 Å². The Morgan fingerprint density at radius 2 is 1.85 bits per heavy atom. The molecule has 1 amide bonds. The van der Waals surface area contributed by atoms with Crippen LogP contribution in [0.5, 0.6) is 5.75 Å². The lowest BCUT2D eigenvalue weighted by atomic mass is 9.97. The van der Waals surface area contributed by atoms with E-state index in [4.69, 9.17) is 10.5 Å². The van der Waals surface area contributed by atoms with Crippen LogP contribution >= 0.6 is 12.4 Å². The minimum atomic E-state index is -4.40. The molecule has 1 aromatic carbocycles. The van der Waals surface area contributed by atoms with Gasteiger partial charge in [0.25, 0.3) is 0 Å². The van der Waals surface area contributed by atoms with Crippen molar-refractivity contribution in [3.8, 4) is 5.75 Å². The molecule has 2 rings (SSSR count). The topological polar surface area (TPSA) is 75.8 Å². The first-order valence-electron chi connectivity index (χ1n) is 8.14. The minimum absolute atomic E-state index is 0. The van der Waals surface area contributed by atoms with Gasteiger partial charge in [-0.1, -0.05) is 12.8 Å². The van der Waals surface area contributed by atoms with Crippen LogP contribution < -0.4 is 10.5 Å². The fraction of sp³-hybridized carbons (Fsp3) is 0.588. The molecule has 1 aliphatic carbocycles. The van der Waals surface area contributed by atoms with E-state index in [-0.39, 0.29) is 37.2 Å². The maximum absolute atomic E-state index is 12.5. The van der Waals surface area contributed by atoms with E-state index >= 15 is 0 Å². The number of carbonyl (C=O) groups is 1. The monoisotopic (exact) mass is 396 g/mol. The minimum Gasteiger partial charge on any atom is -0.491 e. The Kier molecular flexibility index (Phi) is 7.73. The van der Waals surface area contributed by atoms with Gasteiger partial charge in [0, 0.05) is 13.6 Å². The van der Waals surface area contributed by atoms with Gasteiger partial charge in [0.15, 0.2) is 0 Å². The molecular weight excluding hydrogens is 373 g/mol. The highest BCUT2D eigenvalue weighted by molar-refractivity contribution is 5.86. The number of rotatable bonds is 6. The van der Waals surface area contributed by atoms with Gasteiger partial charge in [-0.25, -0.2) is 0 Å². The van der Waals surface area contributed by atoms with Crippen molar-refractivity contribution in [2.75, 3.05) is 20.2 Å². The van der Waals surface area contributed by atoms with Crippen molar-refractivity contribution in [2.45, 2.75) is 43.5 Å². The van der Waals surface area contributed by atoms with Crippen LogP contribution in [0, 0.1) is 0 Å². The number of amides is 1. The third-order valence-corrected chi connectivity index (χ3v) is 4.38. The number of nitrogens with two attached hydrogens (primary N) is 1. The van der Waals surface area contributed by atoms with Crippen LogP contribution in [0.1, 0.15) is 31.2 Å². The molecule has 0 spiro atoms. The third-order valence-electron chi connectivity index (χ3n) is 4.38. The van der Waals surface area contributed by atoms with Gasteiger partial charge in [0.1, 0.15) is 18.5 Å². The van der Waals surface area contributed by atoms with E-state index in [1.54, 1.807) is 7.05 Å². The summed E-state index contributed by atoms with van der Waals surface area (Å²) in [6, 6.07) is 4.21. The van der Waals surface area contributed by atoms with Gasteiger partial charge in [-0.2, -0.15) is 13.2 Å². The number of carbonyl (C=O) groups excluding carboxylic acids is 1. The van der Waals surface area contributed by atoms with Gasteiger partial charge in [-0.3, -0.25) is 4.79 Å². The molecule has 1 fully saturated rings. The zero-order chi connectivity index (χ0) is 18.7. The van der Waals surface area contributed by atoms with Crippen molar-refractivity contribution >= 4 is 18.3 Å². The Morgan fingerprint density at radius 3 is 2.35 bits per heavy atom. The summed E-state index contributed by atoms with van der Waals surface area (Å²) < 4.78 is 42.7. The highest BCUT2D eigenvalue weighted by Gasteiger charge is 2.39. The number of benzene rings is 1. The molecule has 0 radical (unpaired) electrons. The van der Waals surface area contributed by atoms with Crippen LogP contribution in [0.3, 0.4) is 0 Å².